The predicted octanol–water partition coefficient (Wildman–Crippen LogP) is 2.04. The number of carboxylic acids is 1. The van der Waals surface area contributed by atoms with Gasteiger partial charge >= 0.3 is 5.97 Å². The molecule has 1 saturated carbocycles. The molecule has 0 aromatic rings. The molecule has 1 rings (SSSR count). The molecule has 0 amide bonds. The lowest BCUT2D eigenvalue weighted by Gasteiger charge is -2.16. The summed E-state index contributed by atoms with van der Waals surface area (Å²) in [7, 11) is 0. The van der Waals surface area contributed by atoms with Crippen LogP contribution >= 0.6 is 0 Å². The summed E-state index contributed by atoms with van der Waals surface area (Å²) in [5.74, 6) is 0.558. The molecule has 1 aliphatic carbocycles. The highest BCUT2D eigenvalue weighted by Crippen LogP contribution is 2.34. The molecule has 3 atom stereocenters. The van der Waals surface area contributed by atoms with Crippen LogP contribution in [0.2, 0.25) is 0 Å². The van der Waals surface area contributed by atoms with E-state index in [4.69, 9.17) is 5.11 Å². The number of aliphatic hydroxyl groups excluding tert-OH is 1. The largest absolute Gasteiger partial charge is 0.481 e. The SMILES string of the molecule is C[C@@H]1CCC[C@H]1CCC(O)CC(=O)O. The Kier molecular flexibility index (Phi) is 4.39. The van der Waals surface area contributed by atoms with Crippen LogP contribution in [0.15, 0.2) is 0 Å². The van der Waals surface area contributed by atoms with Gasteiger partial charge in [-0.05, 0) is 24.7 Å². The van der Waals surface area contributed by atoms with E-state index < -0.39 is 12.1 Å². The lowest BCUT2D eigenvalue weighted by molar-refractivity contribution is -0.139. The van der Waals surface area contributed by atoms with Gasteiger partial charge in [0, 0.05) is 0 Å². The maximum atomic E-state index is 10.3. The summed E-state index contributed by atoms with van der Waals surface area (Å²) in [6.45, 7) is 2.25. The molecule has 3 heteroatoms. The van der Waals surface area contributed by atoms with E-state index in [0.29, 0.717) is 12.3 Å². The molecule has 0 spiro atoms. The fourth-order valence-corrected chi connectivity index (χ4v) is 2.36. The zero-order valence-electron chi connectivity index (χ0n) is 8.78. The monoisotopic (exact) mass is 200 g/mol. The lowest BCUT2D eigenvalue weighted by atomic mass is 9.91. The molecule has 0 aromatic heterocycles. The summed E-state index contributed by atoms with van der Waals surface area (Å²) in [5, 5.41) is 17.9. The van der Waals surface area contributed by atoms with Crippen molar-refractivity contribution in [1.29, 1.82) is 0 Å². The third-order valence-electron chi connectivity index (χ3n) is 3.32. The maximum Gasteiger partial charge on any atom is 0.305 e. The quantitative estimate of drug-likeness (QED) is 0.714. The molecule has 1 unspecified atom stereocenters. The fourth-order valence-electron chi connectivity index (χ4n) is 2.36. The molecule has 1 aliphatic rings. The molecule has 14 heavy (non-hydrogen) atoms. The Morgan fingerprint density at radius 1 is 1.50 bits per heavy atom. The van der Waals surface area contributed by atoms with Crippen LogP contribution in [-0.2, 0) is 4.79 Å². The van der Waals surface area contributed by atoms with Crippen LogP contribution in [-0.4, -0.2) is 22.3 Å². The molecule has 3 nitrogen and oxygen atoms in total. The van der Waals surface area contributed by atoms with Crippen LogP contribution < -0.4 is 0 Å². The van der Waals surface area contributed by atoms with Crippen LogP contribution in [0.5, 0.6) is 0 Å². The number of rotatable bonds is 5. The van der Waals surface area contributed by atoms with Crippen molar-refractivity contribution in [1.82, 2.24) is 0 Å². The topological polar surface area (TPSA) is 57.5 Å². The predicted molar refractivity (Wildman–Crippen MR) is 54.0 cm³/mol. The summed E-state index contributed by atoms with van der Waals surface area (Å²) in [5.41, 5.74) is 0. The van der Waals surface area contributed by atoms with Crippen molar-refractivity contribution in [3.63, 3.8) is 0 Å². The standard InChI is InChI=1S/C11H20O3/c1-8-3-2-4-9(8)5-6-10(12)7-11(13)14/h8-10,12H,2-7H2,1H3,(H,13,14)/t8-,9+,10?/m1/s1. The first kappa shape index (κ1) is 11.5. The average Bonchev–Trinajstić information content (AvgIpc) is 2.46. The van der Waals surface area contributed by atoms with E-state index in [1.807, 2.05) is 0 Å². The molecule has 0 radical (unpaired) electrons. The van der Waals surface area contributed by atoms with Gasteiger partial charge in [0.15, 0.2) is 0 Å². The number of carboxylic acid groups (broad SMARTS) is 1. The van der Waals surface area contributed by atoms with Gasteiger partial charge in [-0.1, -0.05) is 26.2 Å². The van der Waals surface area contributed by atoms with Crippen molar-refractivity contribution >= 4 is 5.97 Å². The fraction of sp³-hybridized carbons (Fsp3) is 0.909. The average molecular weight is 200 g/mol. The van der Waals surface area contributed by atoms with Crippen molar-refractivity contribution < 1.29 is 15.0 Å². The lowest BCUT2D eigenvalue weighted by Crippen LogP contribution is -2.15. The Morgan fingerprint density at radius 2 is 2.21 bits per heavy atom. The van der Waals surface area contributed by atoms with Gasteiger partial charge in [0.2, 0.25) is 0 Å². The van der Waals surface area contributed by atoms with Gasteiger partial charge in [-0.15, -0.1) is 0 Å². The molecule has 1 fully saturated rings. The third kappa shape index (κ3) is 3.66. The Hall–Kier alpha value is -0.570. The first-order valence-electron chi connectivity index (χ1n) is 5.49. The van der Waals surface area contributed by atoms with Crippen molar-refractivity contribution in [2.45, 2.75) is 51.6 Å². The number of hydrogen-bond donors (Lipinski definition) is 2. The first-order chi connectivity index (χ1) is 6.59. The minimum Gasteiger partial charge on any atom is -0.481 e. The van der Waals surface area contributed by atoms with Crippen LogP contribution in [0.4, 0.5) is 0 Å². The number of aliphatic carboxylic acids is 1. The summed E-state index contributed by atoms with van der Waals surface area (Å²) >= 11 is 0. The molecule has 0 aromatic carbocycles. The zero-order chi connectivity index (χ0) is 10.6. The number of carbonyl (C=O) groups is 1. The van der Waals surface area contributed by atoms with E-state index in [-0.39, 0.29) is 6.42 Å². The normalized spacial score (nSPS) is 29.0. The van der Waals surface area contributed by atoms with Gasteiger partial charge in [-0.3, -0.25) is 4.79 Å². The number of aliphatic hydroxyl groups is 1. The molecular formula is C11H20O3. The second-order valence-electron chi connectivity index (χ2n) is 4.50. The highest BCUT2D eigenvalue weighted by atomic mass is 16.4. The second-order valence-corrected chi connectivity index (χ2v) is 4.50. The molecule has 2 N–H and O–H groups in total. The van der Waals surface area contributed by atoms with E-state index in [2.05, 4.69) is 6.92 Å². The van der Waals surface area contributed by atoms with Gasteiger partial charge in [0.1, 0.15) is 0 Å². The molecule has 0 aliphatic heterocycles. The summed E-state index contributed by atoms with van der Waals surface area (Å²) in [6.07, 6.45) is 4.69. The van der Waals surface area contributed by atoms with E-state index >= 15 is 0 Å². The summed E-state index contributed by atoms with van der Waals surface area (Å²) in [4.78, 5) is 10.3. The van der Waals surface area contributed by atoms with Gasteiger partial charge in [0.05, 0.1) is 12.5 Å². The molecule has 0 bridgehead atoms. The molecular weight excluding hydrogens is 180 g/mol. The molecule has 0 saturated heterocycles. The van der Waals surface area contributed by atoms with Gasteiger partial charge in [-0.2, -0.15) is 0 Å². The van der Waals surface area contributed by atoms with Gasteiger partial charge in [0.25, 0.3) is 0 Å². The van der Waals surface area contributed by atoms with Crippen LogP contribution in [0, 0.1) is 11.8 Å². The molecule has 82 valence electrons. The smallest absolute Gasteiger partial charge is 0.305 e. The summed E-state index contributed by atoms with van der Waals surface area (Å²) < 4.78 is 0. The van der Waals surface area contributed by atoms with E-state index in [9.17, 15) is 9.90 Å². The van der Waals surface area contributed by atoms with E-state index in [1.165, 1.54) is 19.3 Å². The first-order valence-corrected chi connectivity index (χ1v) is 5.49. The van der Waals surface area contributed by atoms with Gasteiger partial charge in [-0.25, -0.2) is 0 Å². The van der Waals surface area contributed by atoms with Gasteiger partial charge < -0.3 is 10.2 Å². The van der Waals surface area contributed by atoms with Crippen molar-refractivity contribution in [2.75, 3.05) is 0 Å². The van der Waals surface area contributed by atoms with Crippen LogP contribution in [0.3, 0.4) is 0 Å². The van der Waals surface area contributed by atoms with Crippen LogP contribution in [0.1, 0.15) is 45.4 Å². The number of hydrogen-bond acceptors (Lipinski definition) is 2. The second kappa shape index (κ2) is 5.35. The van der Waals surface area contributed by atoms with Crippen molar-refractivity contribution in [2.24, 2.45) is 11.8 Å². The Labute approximate surface area is 85.1 Å². The highest BCUT2D eigenvalue weighted by Gasteiger charge is 2.23. The minimum absolute atomic E-state index is 0.110. The maximum absolute atomic E-state index is 10.3. The molecule has 0 heterocycles. The summed E-state index contributed by atoms with van der Waals surface area (Å²) in [6, 6.07) is 0. The third-order valence-corrected chi connectivity index (χ3v) is 3.32. The van der Waals surface area contributed by atoms with E-state index in [1.54, 1.807) is 0 Å². The minimum atomic E-state index is -0.906. The van der Waals surface area contributed by atoms with Crippen LogP contribution in [0.25, 0.3) is 0 Å². The zero-order valence-corrected chi connectivity index (χ0v) is 8.78. The highest BCUT2D eigenvalue weighted by molar-refractivity contribution is 5.67. The van der Waals surface area contributed by atoms with Crippen molar-refractivity contribution in [3.8, 4) is 0 Å². The Balaban J connectivity index is 2.16. The Bertz CT molecular complexity index is 191. The Morgan fingerprint density at radius 3 is 2.71 bits per heavy atom. The van der Waals surface area contributed by atoms with E-state index in [0.717, 1.165) is 12.3 Å². The van der Waals surface area contributed by atoms with Crippen molar-refractivity contribution in [3.05, 3.63) is 0 Å².